The van der Waals surface area contributed by atoms with E-state index >= 15 is 0 Å². The highest BCUT2D eigenvalue weighted by molar-refractivity contribution is 8.18. The van der Waals surface area contributed by atoms with Crippen molar-refractivity contribution in [2.24, 2.45) is 0 Å². The molecule has 1 aliphatic rings. The third-order valence-electron chi connectivity index (χ3n) is 5.07. The molecule has 8 nitrogen and oxygen atoms in total. The molecule has 192 valence electrons. The summed E-state index contributed by atoms with van der Waals surface area (Å²) in [6.07, 6.45) is 1.49. The van der Waals surface area contributed by atoms with Crippen molar-refractivity contribution in [1.29, 1.82) is 0 Å². The monoisotopic (exact) mass is 563 g/mol. The van der Waals surface area contributed by atoms with Gasteiger partial charge in [-0.3, -0.25) is 14.5 Å². The van der Waals surface area contributed by atoms with Gasteiger partial charge in [-0.05, 0) is 71.9 Å². The molecule has 0 bridgehead atoms. The molecule has 4 rings (SSSR count). The first-order valence-corrected chi connectivity index (χ1v) is 13.3. The summed E-state index contributed by atoms with van der Waals surface area (Å²) in [6, 6.07) is 15.4. The number of carbonyl (C=O) groups is 2. The third-order valence-corrected chi connectivity index (χ3v) is 7.54. The van der Waals surface area contributed by atoms with Crippen molar-refractivity contribution < 1.29 is 36.1 Å². The Balaban J connectivity index is 1.46. The fourth-order valence-corrected chi connectivity index (χ4v) is 5.26. The second-order valence-electron chi connectivity index (χ2n) is 7.51. The lowest BCUT2D eigenvalue weighted by molar-refractivity contribution is -0.123. The maximum absolute atomic E-state index is 13.1. The topological polar surface area (TPSA) is 99.2 Å². The van der Waals surface area contributed by atoms with E-state index in [0.29, 0.717) is 16.3 Å². The Bertz CT molecular complexity index is 1480. The number of nitrogens with zero attached hydrogens (tertiary/aromatic N) is 1. The smallest absolute Gasteiger partial charge is 0.339 e. The van der Waals surface area contributed by atoms with Gasteiger partial charge in [0.15, 0.2) is 11.5 Å². The van der Waals surface area contributed by atoms with Crippen molar-refractivity contribution in [3.63, 3.8) is 0 Å². The predicted octanol–water partition coefficient (Wildman–Crippen LogP) is 5.37. The Hall–Kier alpha value is -3.54. The highest BCUT2D eigenvalue weighted by Crippen LogP contribution is 2.35. The summed E-state index contributed by atoms with van der Waals surface area (Å²) in [5.74, 6) is -0.655. The number of benzene rings is 3. The van der Waals surface area contributed by atoms with Crippen LogP contribution in [0.25, 0.3) is 6.08 Å². The first-order valence-electron chi connectivity index (χ1n) is 10.7. The summed E-state index contributed by atoms with van der Waals surface area (Å²) in [5, 5.41) is -0.0281. The molecular formula is C25H19ClFNO7S2. The zero-order valence-corrected chi connectivity index (χ0v) is 21.6. The third kappa shape index (κ3) is 6.24. The number of para-hydroxylation sites is 1. The second kappa shape index (κ2) is 11.2. The van der Waals surface area contributed by atoms with Crippen LogP contribution in [-0.4, -0.2) is 44.7 Å². The summed E-state index contributed by atoms with van der Waals surface area (Å²) in [7, 11) is -2.92. The predicted molar refractivity (Wildman–Crippen MR) is 137 cm³/mol. The van der Waals surface area contributed by atoms with Crippen molar-refractivity contribution in [1.82, 2.24) is 4.90 Å². The Morgan fingerprint density at radius 2 is 1.73 bits per heavy atom. The van der Waals surface area contributed by atoms with Crippen LogP contribution in [0.3, 0.4) is 0 Å². The molecule has 1 fully saturated rings. The maximum atomic E-state index is 13.1. The van der Waals surface area contributed by atoms with Gasteiger partial charge in [0.05, 0.1) is 23.6 Å². The number of methoxy groups -OCH3 is 1. The van der Waals surface area contributed by atoms with Crippen LogP contribution in [-0.2, 0) is 14.9 Å². The molecule has 3 aromatic rings. The van der Waals surface area contributed by atoms with Crippen molar-refractivity contribution in [2.45, 2.75) is 4.90 Å². The number of halogens is 2. The van der Waals surface area contributed by atoms with E-state index in [-0.39, 0.29) is 34.5 Å². The maximum Gasteiger partial charge on any atom is 0.339 e. The van der Waals surface area contributed by atoms with Gasteiger partial charge < -0.3 is 13.7 Å². The van der Waals surface area contributed by atoms with Gasteiger partial charge >= 0.3 is 10.1 Å². The molecule has 3 aromatic carbocycles. The SMILES string of the molecule is COc1cc(/C=C2\SC(=O)N(CCOc3ccccc3Cl)C2=O)ccc1OS(=O)(=O)c1ccc(F)cc1. The lowest BCUT2D eigenvalue weighted by Crippen LogP contribution is -2.32. The average molecular weight is 564 g/mol. The van der Waals surface area contributed by atoms with Crippen LogP contribution in [0.15, 0.2) is 76.5 Å². The number of thioether (sulfide) groups is 1. The van der Waals surface area contributed by atoms with E-state index in [1.807, 2.05) is 0 Å². The lowest BCUT2D eigenvalue weighted by Gasteiger charge is -2.13. The number of hydrogen-bond donors (Lipinski definition) is 0. The summed E-state index contributed by atoms with van der Waals surface area (Å²) in [6.45, 7) is 0.0992. The molecule has 1 heterocycles. The number of amides is 2. The quantitative estimate of drug-likeness (QED) is 0.253. The fourth-order valence-electron chi connectivity index (χ4n) is 3.26. The zero-order valence-electron chi connectivity index (χ0n) is 19.2. The number of hydrogen-bond acceptors (Lipinski definition) is 8. The Morgan fingerprint density at radius 3 is 2.43 bits per heavy atom. The van der Waals surface area contributed by atoms with E-state index in [1.165, 1.54) is 31.4 Å². The van der Waals surface area contributed by atoms with Crippen molar-refractivity contribution in [3.8, 4) is 17.2 Å². The minimum Gasteiger partial charge on any atom is -0.493 e. The zero-order chi connectivity index (χ0) is 26.6. The molecule has 0 unspecified atom stereocenters. The van der Waals surface area contributed by atoms with Gasteiger partial charge in [0.1, 0.15) is 23.1 Å². The summed E-state index contributed by atoms with van der Waals surface area (Å²) < 4.78 is 54.2. The van der Waals surface area contributed by atoms with Crippen LogP contribution < -0.4 is 13.7 Å². The summed E-state index contributed by atoms with van der Waals surface area (Å²) >= 11 is 6.82. The minimum absolute atomic E-state index is 0.0323. The van der Waals surface area contributed by atoms with Crippen LogP contribution in [0.5, 0.6) is 17.2 Å². The summed E-state index contributed by atoms with van der Waals surface area (Å²) in [5.41, 5.74) is 0.473. The number of ether oxygens (including phenoxy) is 2. The van der Waals surface area contributed by atoms with Gasteiger partial charge in [0.2, 0.25) is 0 Å². The van der Waals surface area contributed by atoms with Crippen molar-refractivity contribution in [3.05, 3.63) is 88.0 Å². The van der Waals surface area contributed by atoms with E-state index in [2.05, 4.69) is 0 Å². The molecule has 0 saturated carbocycles. The van der Waals surface area contributed by atoms with E-state index in [4.69, 9.17) is 25.3 Å². The molecule has 0 aromatic heterocycles. The van der Waals surface area contributed by atoms with E-state index in [0.717, 1.165) is 40.9 Å². The molecule has 12 heteroatoms. The number of carbonyl (C=O) groups excluding carboxylic acids is 2. The molecule has 0 aliphatic carbocycles. The van der Waals surface area contributed by atoms with E-state index in [9.17, 15) is 22.4 Å². The van der Waals surface area contributed by atoms with Crippen LogP contribution >= 0.6 is 23.4 Å². The first-order chi connectivity index (χ1) is 17.7. The van der Waals surface area contributed by atoms with Crippen LogP contribution in [0.4, 0.5) is 9.18 Å². The second-order valence-corrected chi connectivity index (χ2v) is 10.5. The molecule has 1 saturated heterocycles. The van der Waals surface area contributed by atoms with Crippen molar-refractivity contribution in [2.75, 3.05) is 20.3 Å². The van der Waals surface area contributed by atoms with E-state index in [1.54, 1.807) is 24.3 Å². The van der Waals surface area contributed by atoms with Gasteiger partial charge in [0.25, 0.3) is 11.1 Å². The molecular weight excluding hydrogens is 545 g/mol. The standard InChI is InChI=1S/C25H19ClFNO7S2/c1-33-22-14-16(6-11-21(22)35-37(31,32)18-9-7-17(27)8-10-18)15-23-24(29)28(25(30)36-23)12-13-34-20-5-3-2-4-19(20)26/h2-11,14-15H,12-13H2,1H3/b23-15-. The molecule has 0 spiro atoms. The highest BCUT2D eigenvalue weighted by atomic mass is 35.5. The number of rotatable bonds is 9. The Kier molecular flexibility index (Phi) is 8.06. The van der Waals surface area contributed by atoms with Crippen LogP contribution in [0.1, 0.15) is 5.56 Å². The molecule has 0 N–H and O–H groups in total. The van der Waals surface area contributed by atoms with Gasteiger partial charge in [-0.15, -0.1) is 0 Å². The normalized spacial score (nSPS) is 14.8. The Morgan fingerprint density at radius 1 is 1.00 bits per heavy atom. The first kappa shape index (κ1) is 26.5. The molecule has 37 heavy (non-hydrogen) atoms. The van der Waals surface area contributed by atoms with Crippen molar-refractivity contribution >= 4 is 50.7 Å². The molecule has 0 atom stereocenters. The highest BCUT2D eigenvalue weighted by Gasteiger charge is 2.35. The average Bonchev–Trinajstić information content (AvgIpc) is 3.13. The van der Waals surface area contributed by atoms with Crippen LogP contribution in [0, 0.1) is 5.82 Å². The Labute approximate surface area is 221 Å². The molecule has 0 radical (unpaired) electrons. The molecule has 2 amide bonds. The molecule has 1 aliphatic heterocycles. The number of imide groups is 1. The minimum atomic E-state index is -4.24. The largest absolute Gasteiger partial charge is 0.493 e. The van der Waals surface area contributed by atoms with Gasteiger partial charge in [-0.25, -0.2) is 4.39 Å². The van der Waals surface area contributed by atoms with Gasteiger partial charge in [0, 0.05) is 0 Å². The van der Waals surface area contributed by atoms with E-state index < -0.39 is 27.1 Å². The lowest BCUT2D eigenvalue weighted by atomic mass is 10.2. The fraction of sp³-hybridized carbons (Fsp3) is 0.120. The van der Waals surface area contributed by atoms with Gasteiger partial charge in [-0.1, -0.05) is 29.8 Å². The van der Waals surface area contributed by atoms with Crippen LogP contribution in [0.2, 0.25) is 5.02 Å². The van der Waals surface area contributed by atoms with Gasteiger partial charge in [-0.2, -0.15) is 8.42 Å². The summed E-state index contributed by atoms with van der Waals surface area (Å²) in [4.78, 5) is 26.2.